The molecule has 2 heterocycles. The molecule has 0 saturated carbocycles. The number of carbonyl (C=O) groups excluding carboxylic acids is 1. The van der Waals surface area contributed by atoms with Crippen LogP contribution in [0.1, 0.15) is 16.1 Å². The first-order valence-electron chi connectivity index (χ1n) is 9.83. The Morgan fingerprint density at radius 3 is 2.59 bits per heavy atom. The van der Waals surface area contributed by atoms with Gasteiger partial charge >= 0.3 is 0 Å². The van der Waals surface area contributed by atoms with Gasteiger partial charge in [-0.2, -0.15) is 0 Å². The number of hydrogen-bond donors (Lipinski definition) is 0. The van der Waals surface area contributed by atoms with Gasteiger partial charge in [0.25, 0.3) is 0 Å². The number of amides is 1. The third kappa shape index (κ3) is 5.24. The number of benzene rings is 2. The summed E-state index contributed by atoms with van der Waals surface area (Å²) in [6.07, 6.45) is 0.485. The summed E-state index contributed by atoms with van der Waals surface area (Å²) in [5.74, 6) is 0.217. The molecule has 0 aliphatic carbocycles. The van der Waals surface area contributed by atoms with Gasteiger partial charge in [0.1, 0.15) is 5.01 Å². The highest BCUT2D eigenvalue weighted by Gasteiger charge is 2.22. The van der Waals surface area contributed by atoms with Crippen LogP contribution < -0.4 is 0 Å². The molecule has 6 heteroatoms. The van der Waals surface area contributed by atoms with E-state index in [0.717, 1.165) is 59.6 Å². The van der Waals surface area contributed by atoms with E-state index in [4.69, 9.17) is 16.6 Å². The molecule has 1 saturated heterocycles. The van der Waals surface area contributed by atoms with Gasteiger partial charge in [0.15, 0.2) is 0 Å². The molecule has 0 bridgehead atoms. The van der Waals surface area contributed by atoms with Crippen molar-refractivity contribution in [2.75, 3.05) is 26.2 Å². The molecule has 1 aliphatic heterocycles. The average Bonchev–Trinajstić information content (AvgIpc) is 3.17. The molecule has 29 heavy (non-hydrogen) atoms. The van der Waals surface area contributed by atoms with E-state index in [1.807, 2.05) is 41.3 Å². The van der Waals surface area contributed by atoms with Gasteiger partial charge in [-0.15, -0.1) is 11.3 Å². The highest BCUT2D eigenvalue weighted by Crippen LogP contribution is 2.24. The summed E-state index contributed by atoms with van der Waals surface area (Å²) in [5, 5.41) is 3.94. The number of carbonyl (C=O) groups is 1. The maximum absolute atomic E-state index is 12.6. The number of hydrogen-bond acceptors (Lipinski definition) is 4. The predicted molar refractivity (Wildman–Crippen MR) is 119 cm³/mol. The summed E-state index contributed by atoms with van der Waals surface area (Å²) in [5.41, 5.74) is 4.37. The lowest BCUT2D eigenvalue weighted by Gasteiger charge is -2.34. The number of aryl methyl sites for hydroxylation is 1. The molecule has 4 rings (SSSR count). The monoisotopic (exact) mass is 425 g/mol. The minimum atomic E-state index is 0.217. The number of halogens is 1. The molecule has 1 fully saturated rings. The van der Waals surface area contributed by atoms with E-state index < -0.39 is 0 Å². The van der Waals surface area contributed by atoms with Crippen molar-refractivity contribution in [1.29, 1.82) is 0 Å². The molecule has 0 spiro atoms. The Bertz CT molecular complexity index is 978. The largest absolute Gasteiger partial charge is 0.340 e. The van der Waals surface area contributed by atoms with Crippen molar-refractivity contribution < 1.29 is 4.79 Å². The molecule has 0 unspecified atom stereocenters. The van der Waals surface area contributed by atoms with E-state index in [0.29, 0.717) is 6.42 Å². The maximum atomic E-state index is 12.6. The normalized spacial score (nSPS) is 14.9. The van der Waals surface area contributed by atoms with Crippen molar-refractivity contribution in [3.05, 3.63) is 75.1 Å². The Labute approximate surface area is 180 Å². The second kappa shape index (κ2) is 9.08. The smallest absolute Gasteiger partial charge is 0.227 e. The van der Waals surface area contributed by atoms with Gasteiger partial charge in [0.05, 0.1) is 18.7 Å². The quantitative estimate of drug-likeness (QED) is 0.596. The fourth-order valence-corrected chi connectivity index (χ4v) is 4.56. The number of nitrogens with zero attached hydrogens (tertiary/aromatic N) is 3. The van der Waals surface area contributed by atoms with Gasteiger partial charge in [0, 0.05) is 42.1 Å². The number of thiazole rings is 1. The molecular formula is C23H24ClN3OS. The van der Waals surface area contributed by atoms with Gasteiger partial charge in [-0.25, -0.2) is 4.98 Å². The minimum absolute atomic E-state index is 0.217. The van der Waals surface area contributed by atoms with Gasteiger partial charge in [0.2, 0.25) is 5.91 Å². The summed E-state index contributed by atoms with van der Waals surface area (Å²) in [6, 6.07) is 16.0. The van der Waals surface area contributed by atoms with Crippen LogP contribution in [0.25, 0.3) is 11.3 Å². The SMILES string of the molecule is Cc1cccc(CC(=O)N2CCN(Cc3nc(-c4ccc(Cl)cc4)cs3)CC2)c1. The van der Waals surface area contributed by atoms with Crippen LogP contribution in [0.4, 0.5) is 0 Å². The zero-order valence-corrected chi connectivity index (χ0v) is 18.0. The first-order valence-corrected chi connectivity index (χ1v) is 11.1. The predicted octanol–water partition coefficient (Wildman–Crippen LogP) is 4.66. The topological polar surface area (TPSA) is 36.4 Å². The summed E-state index contributed by atoms with van der Waals surface area (Å²) in [4.78, 5) is 21.8. The highest BCUT2D eigenvalue weighted by molar-refractivity contribution is 7.09. The Morgan fingerprint density at radius 2 is 1.86 bits per heavy atom. The zero-order chi connectivity index (χ0) is 20.2. The first-order chi connectivity index (χ1) is 14.1. The van der Waals surface area contributed by atoms with Crippen LogP contribution in [-0.4, -0.2) is 46.9 Å². The average molecular weight is 426 g/mol. The summed E-state index contributed by atoms with van der Waals surface area (Å²) < 4.78 is 0. The second-order valence-corrected chi connectivity index (χ2v) is 8.84. The third-order valence-corrected chi connectivity index (χ3v) is 6.30. The van der Waals surface area contributed by atoms with E-state index in [1.54, 1.807) is 11.3 Å². The zero-order valence-electron chi connectivity index (χ0n) is 16.5. The van der Waals surface area contributed by atoms with Crippen LogP contribution in [-0.2, 0) is 17.8 Å². The lowest BCUT2D eigenvalue weighted by atomic mass is 10.1. The van der Waals surface area contributed by atoms with E-state index >= 15 is 0 Å². The maximum Gasteiger partial charge on any atom is 0.227 e. The first kappa shape index (κ1) is 20.1. The molecule has 1 aliphatic rings. The van der Waals surface area contributed by atoms with E-state index in [9.17, 15) is 4.79 Å². The van der Waals surface area contributed by atoms with Crippen LogP contribution in [0.3, 0.4) is 0 Å². The van der Waals surface area contributed by atoms with Gasteiger partial charge in [-0.3, -0.25) is 9.69 Å². The molecule has 2 aromatic carbocycles. The molecule has 0 N–H and O–H groups in total. The number of piperazine rings is 1. The fraction of sp³-hybridized carbons (Fsp3) is 0.304. The summed E-state index contributed by atoms with van der Waals surface area (Å²) in [6.45, 7) is 6.22. The van der Waals surface area contributed by atoms with Crippen LogP contribution in [0.5, 0.6) is 0 Å². The number of rotatable bonds is 5. The third-order valence-electron chi connectivity index (χ3n) is 5.21. The van der Waals surface area contributed by atoms with Crippen molar-refractivity contribution in [2.24, 2.45) is 0 Å². The highest BCUT2D eigenvalue weighted by atomic mass is 35.5. The van der Waals surface area contributed by atoms with Crippen molar-refractivity contribution in [3.63, 3.8) is 0 Å². The fourth-order valence-electron chi connectivity index (χ4n) is 3.59. The van der Waals surface area contributed by atoms with E-state index in [1.165, 1.54) is 5.56 Å². The molecule has 0 radical (unpaired) electrons. The minimum Gasteiger partial charge on any atom is -0.340 e. The summed E-state index contributed by atoms with van der Waals surface area (Å²) in [7, 11) is 0. The molecule has 1 aromatic heterocycles. The lowest BCUT2D eigenvalue weighted by Crippen LogP contribution is -2.48. The lowest BCUT2D eigenvalue weighted by molar-refractivity contribution is -0.132. The van der Waals surface area contributed by atoms with Crippen LogP contribution in [0.2, 0.25) is 5.02 Å². The molecule has 0 atom stereocenters. The Balaban J connectivity index is 1.29. The van der Waals surface area contributed by atoms with Crippen molar-refractivity contribution in [1.82, 2.24) is 14.8 Å². The van der Waals surface area contributed by atoms with Crippen LogP contribution in [0, 0.1) is 6.92 Å². The molecule has 4 nitrogen and oxygen atoms in total. The summed E-state index contributed by atoms with van der Waals surface area (Å²) >= 11 is 7.65. The van der Waals surface area contributed by atoms with E-state index in [-0.39, 0.29) is 5.91 Å². The van der Waals surface area contributed by atoms with Gasteiger partial charge < -0.3 is 4.90 Å². The van der Waals surface area contributed by atoms with Gasteiger partial charge in [-0.1, -0.05) is 53.6 Å². The molecular weight excluding hydrogens is 402 g/mol. The molecule has 150 valence electrons. The Kier molecular flexibility index (Phi) is 6.28. The van der Waals surface area contributed by atoms with Crippen LogP contribution in [0.15, 0.2) is 53.9 Å². The van der Waals surface area contributed by atoms with Crippen molar-refractivity contribution >= 4 is 28.8 Å². The molecule has 3 aromatic rings. The van der Waals surface area contributed by atoms with Crippen molar-refractivity contribution in [2.45, 2.75) is 19.9 Å². The van der Waals surface area contributed by atoms with Crippen molar-refractivity contribution in [3.8, 4) is 11.3 Å². The second-order valence-electron chi connectivity index (χ2n) is 7.46. The molecule has 1 amide bonds. The Hall–Kier alpha value is -2.21. The Morgan fingerprint density at radius 1 is 1.10 bits per heavy atom. The van der Waals surface area contributed by atoms with Gasteiger partial charge in [-0.05, 0) is 24.6 Å². The number of aromatic nitrogens is 1. The van der Waals surface area contributed by atoms with Crippen LogP contribution >= 0.6 is 22.9 Å². The standard InChI is InChI=1S/C23H24ClN3OS/c1-17-3-2-4-18(13-17)14-23(28)27-11-9-26(10-12-27)15-22-25-21(16-29-22)19-5-7-20(24)8-6-19/h2-8,13,16H,9-12,14-15H2,1H3. The van der Waals surface area contributed by atoms with E-state index in [2.05, 4.69) is 29.3 Å².